The van der Waals surface area contributed by atoms with E-state index in [-0.39, 0.29) is 19.3 Å². The van der Waals surface area contributed by atoms with Gasteiger partial charge < -0.3 is 14.6 Å². The smallest absolute Gasteiger partial charge is 0.231 e. The van der Waals surface area contributed by atoms with Crippen LogP contribution in [0.2, 0.25) is 0 Å². The SMILES string of the molecule is N#CC1(c2ccc3c(c2)OCO3)CC1CO. The van der Waals surface area contributed by atoms with E-state index in [1.165, 1.54) is 0 Å². The zero-order valence-electron chi connectivity index (χ0n) is 8.64. The molecule has 2 atom stereocenters. The number of benzene rings is 1. The number of nitriles is 1. The molecule has 2 aliphatic rings. The lowest BCUT2D eigenvalue weighted by molar-refractivity contribution is 0.174. The fourth-order valence-electron chi connectivity index (χ4n) is 2.28. The molecular formula is C12H11NO3. The van der Waals surface area contributed by atoms with Crippen LogP contribution >= 0.6 is 0 Å². The third-order valence-electron chi connectivity index (χ3n) is 3.41. The summed E-state index contributed by atoms with van der Waals surface area (Å²) in [6.45, 7) is 0.295. The van der Waals surface area contributed by atoms with Gasteiger partial charge in [-0.1, -0.05) is 6.07 Å². The minimum absolute atomic E-state index is 0.0536. The Balaban J connectivity index is 1.99. The first-order valence-corrected chi connectivity index (χ1v) is 5.22. The largest absolute Gasteiger partial charge is 0.454 e. The van der Waals surface area contributed by atoms with Crippen LogP contribution in [0.4, 0.5) is 0 Å². The highest BCUT2D eigenvalue weighted by atomic mass is 16.7. The lowest BCUT2D eigenvalue weighted by atomic mass is 9.94. The molecule has 1 aliphatic heterocycles. The van der Waals surface area contributed by atoms with E-state index in [9.17, 15) is 5.26 Å². The van der Waals surface area contributed by atoms with Crippen molar-refractivity contribution >= 4 is 0 Å². The zero-order chi connectivity index (χ0) is 11.2. The maximum absolute atomic E-state index is 9.23. The average Bonchev–Trinajstić information content (AvgIpc) is 2.88. The molecule has 1 heterocycles. The van der Waals surface area contributed by atoms with Gasteiger partial charge in [0.2, 0.25) is 6.79 Å². The summed E-state index contributed by atoms with van der Waals surface area (Å²) in [5.41, 5.74) is 0.397. The molecule has 4 heteroatoms. The molecular weight excluding hydrogens is 206 g/mol. The van der Waals surface area contributed by atoms with E-state index in [4.69, 9.17) is 14.6 Å². The number of aliphatic hydroxyl groups excluding tert-OH is 1. The summed E-state index contributed by atoms with van der Waals surface area (Å²) in [5, 5.41) is 18.3. The summed E-state index contributed by atoms with van der Waals surface area (Å²) in [7, 11) is 0. The van der Waals surface area contributed by atoms with Crippen LogP contribution < -0.4 is 9.47 Å². The Morgan fingerprint density at radius 2 is 2.25 bits per heavy atom. The summed E-state index contributed by atoms with van der Waals surface area (Å²) in [6.07, 6.45) is 0.722. The summed E-state index contributed by atoms with van der Waals surface area (Å²) in [4.78, 5) is 0. The number of hydrogen-bond acceptors (Lipinski definition) is 4. The van der Waals surface area contributed by atoms with Gasteiger partial charge in [-0.25, -0.2) is 0 Å². The van der Waals surface area contributed by atoms with Crippen molar-refractivity contribution in [3.63, 3.8) is 0 Å². The van der Waals surface area contributed by atoms with Gasteiger partial charge in [-0.05, 0) is 24.1 Å². The van der Waals surface area contributed by atoms with Crippen molar-refractivity contribution in [3.05, 3.63) is 23.8 Å². The van der Waals surface area contributed by atoms with Crippen LogP contribution in [-0.2, 0) is 5.41 Å². The molecule has 0 radical (unpaired) electrons. The van der Waals surface area contributed by atoms with Crippen LogP contribution in [0.15, 0.2) is 18.2 Å². The average molecular weight is 217 g/mol. The third kappa shape index (κ3) is 1.12. The first-order chi connectivity index (χ1) is 7.80. The molecule has 1 N–H and O–H groups in total. The van der Waals surface area contributed by atoms with Crippen molar-refractivity contribution in [1.29, 1.82) is 5.26 Å². The van der Waals surface area contributed by atoms with Gasteiger partial charge in [-0.15, -0.1) is 0 Å². The summed E-state index contributed by atoms with van der Waals surface area (Å²) >= 11 is 0. The number of fused-ring (bicyclic) bond motifs is 1. The summed E-state index contributed by atoms with van der Waals surface area (Å²) < 4.78 is 10.5. The van der Waals surface area contributed by atoms with Gasteiger partial charge in [-0.3, -0.25) is 0 Å². The Kier molecular flexibility index (Phi) is 1.86. The monoisotopic (exact) mass is 217 g/mol. The van der Waals surface area contributed by atoms with Crippen LogP contribution in [0.5, 0.6) is 11.5 Å². The minimum Gasteiger partial charge on any atom is -0.454 e. The van der Waals surface area contributed by atoms with Crippen LogP contribution in [0.3, 0.4) is 0 Å². The summed E-state index contributed by atoms with van der Waals surface area (Å²) in [5.74, 6) is 1.46. The van der Waals surface area contributed by atoms with Gasteiger partial charge in [0.25, 0.3) is 0 Å². The quantitative estimate of drug-likeness (QED) is 0.808. The lowest BCUT2D eigenvalue weighted by Gasteiger charge is -2.08. The van der Waals surface area contributed by atoms with Gasteiger partial charge in [0.05, 0.1) is 11.5 Å². The highest BCUT2D eigenvalue weighted by Crippen LogP contribution is 2.54. The van der Waals surface area contributed by atoms with Gasteiger partial charge in [0.1, 0.15) is 0 Å². The maximum atomic E-state index is 9.23. The number of ether oxygens (including phenoxy) is 2. The van der Waals surface area contributed by atoms with E-state index in [0.29, 0.717) is 5.75 Å². The van der Waals surface area contributed by atoms with Crippen molar-refractivity contribution < 1.29 is 14.6 Å². The number of nitrogens with zero attached hydrogens (tertiary/aromatic N) is 1. The predicted octanol–water partition coefficient (Wildman–Crippen LogP) is 1.19. The molecule has 0 spiro atoms. The third-order valence-corrected chi connectivity index (χ3v) is 3.41. The number of hydrogen-bond donors (Lipinski definition) is 1. The fourth-order valence-corrected chi connectivity index (χ4v) is 2.28. The van der Waals surface area contributed by atoms with Gasteiger partial charge in [0.15, 0.2) is 11.5 Å². The molecule has 1 saturated carbocycles. The molecule has 2 unspecified atom stereocenters. The fraction of sp³-hybridized carbons (Fsp3) is 0.417. The Labute approximate surface area is 93.0 Å². The molecule has 0 aromatic heterocycles. The second-order valence-corrected chi connectivity index (χ2v) is 4.23. The van der Waals surface area contributed by atoms with E-state index in [2.05, 4.69) is 6.07 Å². The molecule has 1 aromatic carbocycles. The van der Waals surface area contributed by atoms with Gasteiger partial charge in [-0.2, -0.15) is 5.26 Å². The van der Waals surface area contributed by atoms with Crippen molar-refractivity contribution in [2.24, 2.45) is 5.92 Å². The highest BCUT2D eigenvalue weighted by Gasteiger charge is 2.56. The van der Waals surface area contributed by atoms with E-state index >= 15 is 0 Å². The van der Waals surface area contributed by atoms with E-state index in [1.54, 1.807) is 0 Å². The van der Waals surface area contributed by atoms with Gasteiger partial charge in [0, 0.05) is 12.5 Å². The highest BCUT2D eigenvalue weighted by molar-refractivity contribution is 5.51. The lowest BCUT2D eigenvalue weighted by Crippen LogP contribution is -2.08. The second kappa shape index (κ2) is 3.13. The molecule has 82 valence electrons. The van der Waals surface area contributed by atoms with Gasteiger partial charge >= 0.3 is 0 Å². The standard InChI is InChI=1S/C12H11NO3/c13-6-12(4-9(12)5-14)8-1-2-10-11(3-8)16-7-15-10/h1-3,9,14H,4-5,7H2. The molecule has 1 aliphatic carbocycles. The van der Waals surface area contributed by atoms with Crippen LogP contribution in [0.1, 0.15) is 12.0 Å². The zero-order valence-corrected chi connectivity index (χ0v) is 8.64. The first kappa shape index (κ1) is 9.49. The van der Waals surface area contributed by atoms with Crippen molar-refractivity contribution in [1.82, 2.24) is 0 Å². The Morgan fingerprint density at radius 1 is 1.44 bits per heavy atom. The van der Waals surface area contributed by atoms with Crippen LogP contribution in [0, 0.1) is 17.2 Å². The number of rotatable bonds is 2. The van der Waals surface area contributed by atoms with E-state index in [0.717, 1.165) is 17.7 Å². The molecule has 0 amide bonds. The predicted molar refractivity (Wildman–Crippen MR) is 55.0 cm³/mol. The molecule has 1 fully saturated rings. The number of aliphatic hydroxyl groups is 1. The molecule has 0 bridgehead atoms. The van der Waals surface area contributed by atoms with Crippen molar-refractivity contribution in [2.75, 3.05) is 13.4 Å². The maximum Gasteiger partial charge on any atom is 0.231 e. The van der Waals surface area contributed by atoms with Crippen molar-refractivity contribution in [2.45, 2.75) is 11.8 Å². The minimum atomic E-state index is -0.518. The molecule has 4 nitrogen and oxygen atoms in total. The van der Waals surface area contributed by atoms with E-state index < -0.39 is 5.41 Å². The van der Waals surface area contributed by atoms with Crippen LogP contribution in [0.25, 0.3) is 0 Å². The Bertz CT molecular complexity index is 480. The Hall–Kier alpha value is -1.73. The topological polar surface area (TPSA) is 62.5 Å². The summed E-state index contributed by atoms with van der Waals surface area (Å²) in [6, 6.07) is 7.86. The van der Waals surface area contributed by atoms with Crippen LogP contribution in [-0.4, -0.2) is 18.5 Å². The molecule has 3 rings (SSSR count). The van der Waals surface area contributed by atoms with Crippen molar-refractivity contribution in [3.8, 4) is 17.6 Å². The normalized spacial score (nSPS) is 29.9. The molecule has 1 aromatic rings. The molecule has 0 saturated heterocycles. The molecule has 16 heavy (non-hydrogen) atoms. The second-order valence-electron chi connectivity index (χ2n) is 4.23. The Morgan fingerprint density at radius 3 is 2.94 bits per heavy atom. The van der Waals surface area contributed by atoms with E-state index in [1.807, 2.05) is 18.2 Å². The first-order valence-electron chi connectivity index (χ1n) is 5.22.